The lowest BCUT2D eigenvalue weighted by Gasteiger charge is -2.22. The van der Waals surface area contributed by atoms with Crippen molar-refractivity contribution >= 4 is 21.8 Å². The van der Waals surface area contributed by atoms with Gasteiger partial charge in [0.25, 0.3) is 5.91 Å². The van der Waals surface area contributed by atoms with Crippen molar-refractivity contribution in [1.82, 2.24) is 5.32 Å². The van der Waals surface area contributed by atoms with Crippen molar-refractivity contribution in [1.29, 1.82) is 0 Å². The van der Waals surface area contributed by atoms with Crippen molar-refractivity contribution in [2.24, 2.45) is 0 Å². The number of amides is 1. The van der Waals surface area contributed by atoms with E-state index in [1.807, 2.05) is 0 Å². The van der Waals surface area contributed by atoms with Crippen molar-refractivity contribution in [3.63, 3.8) is 0 Å². The number of hydrogen-bond acceptors (Lipinski definition) is 2. The maximum Gasteiger partial charge on any atom is 0.254 e. The van der Waals surface area contributed by atoms with Crippen LogP contribution < -0.4 is 5.32 Å². The van der Waals surface area contributed by atoms with Crippen LogP contribution in [0.15, 0.2) is 22.7 Å². The van der Waals surface area contributed by atoms with E-state index < -0.39 is 11.7 Å². The summed E-state index contributed by atoms with van der Waals surface area (Å²) in [4.78, 5) is 11.8. The van der Waals surface area contributed by atoms with Gasteiger partial charge in [0.1, 0.15) is 5.82 Å². The molecule has 0 saturated heterocycles. The van der Waals surface area contributed by atoms with Crippen LogP contribution in [0.2, 0.25) is 0 Å². The highest BCUT2D eigenvalue weighted by Gasteiger charge is 2.15. The summed E-state index contributed by atoms with van der Waals surface area (Å²) in [6.45, 7) is 0.882. The molecule has 0 aromatic heterocycles. The number of carbonyl (C=O) groups excluding carboxylic acids is 1. The van der Waals surface area contributed by atoms with Crippen LogP contribution in [0.25, 0.3) is 0 Å². The van der Waals surface area contributed by atoms with Gasteiger partial charge in [-0.2, -0.15) is 0 Å². The third-order valence-corrected chi connectivity index (χ3v) is 4.10. The molecule has 1 N–H and O–H groups in total. The van der Waals surface area contributed by atoms with E-state index in [0.717, 1.165) is 12.8 Å². The molecule has 2 rings (SSSR count). The number of ether oxygens (including phenoxy) is 1. The summed E-state index contributed by atoms with van der Waals surface area (Å²) in [7, 11) is 0. The van der Waals surface area contributed by atoms with Gasteiger partial charge in [-0.3, -0.25) is 4.79 Å². The van der Waals surface area contributed by atoms with E-state index in [4.69, 9.17) is 4.74 Å². The summed E-state index contributed by atoms with van der Waals surface area (Å²) >= 11 is 3.07. The van der Waals surface area contributed by atoms with Gasteiger partial charge in [0.15, 0.2) is 0 Å². The van der Waals surface area contributed by atoms with E-state index in [2.05, 4.69) is 21.2 Å². The first-order valence-corrected chi connectivity index (χ1v) is 7.81. The van der Waals surface area contributed by atoms with E-state index in [9.17, 15) is 9.18 Å². The summed E-state index contributed by atoms with van der Waals surface area (Å²) in [6.07, 6.45) is 6.27. The lowest BCUT2D eigenvalue weighted by molar-refractivity contribution is 0.0299. The average Bonchev–Trinajstić information content (AvgIpc) is 2.47. The highest BCUT2D eigenvalue weighted by molar-refractivity contribution is 9.10. The van der Waals surface area contributed by atoms with Crippen LogP contribution >= 0.6 is 15.9 Å². The lowest BCUT2D eigenvalue weighted by atomic mass is 9.98. The Morgan fingerprint density at radius 2 is 2.10 bits per heavy atom. The average molecular weight is 344 g/mol. The molecule has 0 aliphatic heterocycles. The van der Waals surface area contributed by atoms with Crippen LogP contribution in [0.5, 0.6) is 0 Å². The molecule has 1 aliphatic carbocycles. The monoisotopic (exact) mass is 343 g/mol. The van der Waals surface area contributed by atoms with Gasteiger partial charge in [0.2, 0.25) is 0 Å². The van der Waals surface area contributed by atoms with Gasteiger partial charge in [-0.25, -0.2) is 4.39 Å². The van der Waals surface area contributed by atoms with E-state index in [-0.39, 0.29) is 5.56 Å². The van der Waals surface area contributed by atoms with E-state index in [0.29, 0.717) is 23.7 Å². The molecule has 3 nitrogen and oxygen atoms in total. The maximum atomic E-state index is 13.7. The molecule has 0 radical (unpaired) electrons. The molecule has 0 unspecified atom stereocenters. The minimum atomic E-state index is -0.529. The number of nitrogens with one attached hydrogen (secondary N) is 1. The standard InChI is InChI=1S/C15H19BrFNO2/c16-13-8-4-7-12(14(13)17)15(19)18-9-10-20-11-5-2-1-3-6-11/h4,7-8,11H,1-3,5-6,9-10H2,(H,18,19). The maximum absolute atomic E-state index is 13.7. The minimum Gasteiger partial charge on any atom is -0.376 e. The van der Waals surface area contributed by atoms with Gasteiger partial charge in [0.05, 0.1) is 22.7 Å². The van der Waals surface area contributed by atoms with Crippen molar-refractivity contribution in [3.05, 3.63) is 34.1 Å². The highest BCUT2D eigenvalue weighted by Crippen LogP contribution is 2.20. The molecule has 1 saturated carbocycles. The fourth-order valence-corrected chi connectivity index (χ4v) is 2.76. The molecular formula is C15H19BrFNO2. The SMILES string of the molecule is O=C(NCCOC1CCCCC1)c1cccc(Br)c1F. The largest absolute Gasteiger partial charge is 0.376 e. The molecule has 5 heteroatoms. The zero-order valence-corrected chi connectivity index (χ0v) is 12.9. The summed E-state index contributed by atoms with van der Waals surface area (Å²) < 4.78 is 19.7. The lowest BCUT2D eigenvalue weighted by Crippen LogP contribution is -2.30. The van der Waals surface area contributed by atoms with E-state index in [1.54, 1.807) is 12.1 Å². The molecule has 110 valence electrons. The smallest absolute Gasteiger partial charge is 0.254 e. The number of benzene rings is 1. The van der Waals surface area contributed by atoms with Crippen LogP contribution in [0.3, 0.4) is 0 Å². The Labute approximate surface area is 127 Å². The van der Waals surface area contributed by atoms with Gasteiger partial charge in [0, 0.05) is 6.54 Å². The number of rotatable bonds is 5. The van der Waals surface area contributed by atoms with Crippen LogP contribution in [0, 0.1) is 5.82 Å². The first-order chi connectivity index (χ1) is 9.68. The van der Waals surface area contributed by atoms with Crippen molar-refractivity contribution in [2.75, 3.05) is 13.2 Å². The summed E-state index contributed by atoms with van der Waals surface area (Å²) in [5.74, 6) is -0.936. The van der Waals surface area contributed by atoms with Crippen molar-refractivity contribution in [2.45, 2.75) is 38.2 Å². The van der Waals surface area contributed by atoms with Crippen LogP contribution in [-0.2, 0) is 4.74 Å². The Hall–Kier alpha value is -0.940. The molecule has 0 spiro atoms. The second-order valence-corrected chi connectivity index (χ2v) is 5.84. The van der Waals surface area contributed by atoms with Gasteiger partial charge in [-0.05, 0) is 40.9 Å². The van der Waals surface area contributed by atoms with Gasteiger partial charge in [-0.1, -0.05) is 25.3 Å². The molecule has 1 aliphatic rings. The first kappa shape index (κ1) is 15.4. The van der Waals surface area contributed by atoms with Gasteiger partial charge < -0.3 is 10.1 Å². The summed E-state index contributed by atoms with van der Waals surface area (Å²) in [5.41, 5.74) is 0.0528. The molecule has 0 bridgehead atoms. The molecule has 0 heterocycles. The number of carbonyl (C=O) groups is 1. The normalized spacial score (nSPS) is 16.1. The molecular weight excluding hydrogens is 325 g/mol. The molecule has 1 amide bonds. The molecule has 20 heavy (non-hydrogen) atoms. The summed E-state index contributed by atoms with van der Waals surface area (Å²) in [6, 6.07) is 4.68. The predicted octanol–water partition coefficient (Wildman–Crippen LogP) is 3.67. The topological polar surface area (TPSA) is 38.3 Å². The van der Waals surface area contributed by atoms with E-state index >= 15 is 0 Å². The Morgan fingerprint density at radius 1 is 1.35 bits per heavy atom. The quantitative estimate of drug-likeness (QED) is 0.828. The molecule has 0 atom stereocenters. The third-order valence-electron chi connectivity index (χ3n) is 3.49. The Kier molecular flexibility index (Phi) is 5.98. The third kappa shape index (κ3) is 4.28. The number of hydrogen-bond donors (Lipinski definition) is 1. The minimum absolute atomic E-state index is 0.0528. The Bertz CT molecular complexity index is 461. The molecule has 1 aromatic carbocycles. The van der Waals surface area contributed by atoms with Gasteiger partial charge in [-0.15, -0.1) is 0 Å². The number of halogens is 2. The van der Waals surface area contributed by atoms with Crippen LogP contribution in [0.4, 0.5) is 4.39 Å². The second kappa shape index (κ2) is 7.74. The van der Waals surface area contributed by atoms with Crippen molar-refractivity contribution < 1.29 is 13.9 Å². The fourth-order valence-electron chi connectivity index (χ4n) is 2.40. The van der Waals surface area contributed by atoms with Crippen LogP contribution in [0.1, 0.15) is 42.5 Å². The van der Waals surface area contributed by atoms with Gasteiger partial charge >= 0.3 is 0 Å². The first-order valence-electron chi connectivity index (χ1n) is 7.02. The fraction of sp³-hybridized carbons (Fsp3) is 0.533. The van der Waals surface area contributed by atoms with Crippen molar-refractivity contribution in [3.8, 4) is 0 Å². The molecule has 1 aromatic rings. The zero-order valence-electron chi connectivity index (χ0n) is 11.3. The Balaban J connectivity index is 1.73. The highest BCUT2D eigenvalue weighted by atomic mass is 79.9. The Morgan fingerprint density at radius 3 is 2.85 bits per heavy atom. The van der Waals surface area contributed by atoms with Crippen LogP contribution in [-0.4, -0.2) is 25.2 Å². The zero-order chi connectivity index (χ0) is 14.4. The van der Waals surface area contributed by atoms with E-state index in [1.165, 1.54) is 25.3 Å². The second-order valence-electron chi connectivity index (χ2n) is 4.99. The predicted molar refractivity (Wildman–Crippen MR) is 79.3 cm³/mol. The molecule has 1 fully saturated rings. The summed E-state index contributed by atoms with van der Waals surface area (Å²) in [5, 5.41) is 2.68.